The summed E-state index contributed by atoms with van der Waals surface area (Å²) < 4.78 is 13.2. The van der Waals surface area contributed by atoms with Gasteiger partial charge in [0.25, 0.3) is 5.56 Å². The molecule has 1 amide bonds. The standard InChI is InChI=1S/C17H19ClFN5O2/c1-23-6-8-24(9-7-23)15(25)5-4-14-17(26)20-16(22-21-14)11-2-3-13(19)12(18)10-11/h2-3,10H,4-9H2,1H3,(H,20,22,26). The lowest BCUT2D eigenvalue weighted by Crippen LogP contribution is -2.47. The van der Waals surface area contributed by atoms with Gasteiger partial charge in [-0.3, -0.25) is 9.59 Å². The quantitative estimate of drug-likeness (QED) is 0.866. The number of nitrogens with one attached hydrogen (secondary N) is 1. The molecule has 0 aliphatic carbocycles. The Morgan fingerprint density at radius 1 is 1.27 bits per heavy atom. The average Bonchev–Trinajstić information content (AvgIpc) is 2.63. The fourth-order valence-electron chi connectivity index (χ4n) is 2.74. The molecule has 1 aliphatic heterocycles. The Labute approximate surface area is 154 Å². The lowest BCUT2D eigenvalue weighted by atomic mass is 10.2. The summed E-state index contributed by atoms with van der Waals surface area (Å²) in [6.07, 6.45) is 0.432. The molecular formula is C17H19ClFN5O2. The Hall–Kier alpha value is -2.32. The number of carbonyl (C=O) groups excluding carboxylic acids is 1. The van der Waals surface area contributed by atoms with E-state index >= 15 is 0 Å². The molecule has 1 aliphatic rings. The minimum absolute atomic E-state index is 0.00805. The number of likely N-dealkylation sites (N-methyl/N-ethyl adjacent to an activating group) is 1. The number of aromatic amines is 1. The third-order valence-corrected chi connectivity index (χ3v) is 4.68. The zero-order valence-electron chi connectivity index (χ0n) is 14.3. The predicted molar refractivity (Wildman–Crippen MR) is 95.5 cm³/mol. The molecule has 2 aromatic rings. The van der Waals surface area contributed by atoms with E-state index in [-0.39, 0.29) is 35.3 Å². The Morgan fingerprint density at radius 2 is 2.00 bits per heavy atom. The monoisotopic (exact) mass is 379 g/mol. The molecule has 0 spiro atoms. The summed E-state index contributed by atoms with van der Waals surface area (Å²) in [6.45, 7) is 3.09. The van der Waals surface area contributed by atoms with Gasteiger partial charge in [0.2, 0.25) is 5.91 Å². The van der Waals surface area contributed by atoms with E-state index in [1.807, 2.05) is 7.05 Å². The van der Waals surface area contributed by atoms with Crippen molar-refractivity contribution in [3.8, 4) is 11.4 Å². The van der Waals surface area contributed by atoms with Gasteiger partial charge in [-0.15, -0.1) is 10.2 Å². The van der Waals surface area contributed by atoms with Crippen LogP contribution in [-0.2, 0) is 11.2 Å². The van der Waals surface area contributed by atoms with Gasteiger partial charge in [-0.05, 0) is 25.2 Å². The van der Waals surface area contributed by atoms with Crippen molar-refractivity contribution in [1.82, 2.24) is 25.0 Å². The second-order valence-corrected chi connectivity index (χ2v) is 6.67. The number of hydrogen-bond acceptors (Lipinski definition) is 5. The smallest absolute Gasteiger partial charge is 0.273 e. The molecule has 0 saturated carbocycles. The highest BCUT2D eigenvalue weighted by molar-refractivity contribution is 6.31. The molecule has 138 valence electrons. The van der Waals surface area contributed by atoms with Crippen LogP contribution >= 0.6 is 11.6 Å². The van der Waals surface area contributed by atoms with Crippen molar-refractivity contribution in [2.45, 2.75) is 12.8 Å². The average molecular weight is 380 g/mol. The Kier molecular flexibility index (Phi) is 5.63. The third-order valence-electron chi connectivity index (χ3n) is 4.39. The Balaban J connectivity index is 1.65. The zero-order valence-corrected chi connectivity index (χ0v) is 15.1. The van der Waals surface area contributed by atoms with Crippen molar-refractivity contribution in [3.05, 3.63) is 45.1 Å². The first-order valence-corrected chi connectivity index (χ1v) is 8.69. The highest BCUT2D eigenvalue weighted by Crippen LogP contribution is 2.21. The van der Waals surface area contributed by atoms with Crippen LogP contribution in [0.2, 0.25) is 5.02 Å². The van der Waals surface area contributed by atoms with E-state index < -0.39 is 11.4 Å². The highest BCUT2D eigenvalue weighted by Gasteiger charge is 2.19. The first kappa shape index (κ1) is 18.5. The summed E-state index contributed by atoms with van der Waals surface area (Å²) in [7, 11) is 2.02. The van der Waals surface area contributed by atoms with Gasteiger partial charge in [0.05, 0.1) is 5.02 Å². The molecule has 26 heavy (non-hydrogen) atoms. The minimum Gasteiger partial charge on any atom is -0.340 e. The van der Waals surface area contributed by atoms with Crippen LogP contribution in [-0.4, -0.2) is 64.1 Å². The predicted octanol–water partition coefficient (Wildman–Crippen LogP) is 1.33. The minimum atomic E-state index is -0.551. The van der Waals surface area contributed by atoms with Gasteiger partial charge in [0.15, 0.2) is 5.82 Å². The molecule has 0 bridgehead atoms. The van der Waals surface area contributed by atoms with Crippen molar-refractivity contribution >= 4 is 17.5 Å². The van der Waals surface area contributed by atoms with Crippen LogP contribution in [0, 0.1) is 5.82 Å². The number of carbonyl (C=O) groups is 1. The maximum atomic E-state index is 13.2. The van der Waals surface area contributed by atoms with E-state index in [1.54, 1.807) is 4.90 Å². The first-order chi connectivity index (χ1) is 12.4. The van der Waals surface area contributed by atoms with Gasteiger partial charge in [-0.25, -0.2) is 4.39 Å². The number of aryl methyl sites for hydroxylation is 1. The molecular weight excluding hydrogens is 361 g/mol. The molecule has 1 fully saturated rings. The van der Waals surface area contributed by atoms with Crippen LogP contribution in [0.1, 0.15) is 12.1 Å². The Morgan fingerprint density at radius 3 is 2.65 bits per heavy atom. The van der Waals surface area contributed by atoms with Crippen LogP contribution in [0.5, 0.6) is 0 Å². The molecule has 1 aromatic heterocycles. The van der Waals surface area contributed by atoms with Gasteiger partial charge >= 0.3 is 0 Å². The molecule has 2 heterocycles. The first-order valence-electron chi connectivity index (χ1n) is 8.31. The SMILES string of the molecule is CN1CCN(C(=O)CCc2nnc(-c3ccc(F)c(Cl)c3)[nH]c2=O)CC1. The summed E-state index contributed by atoms with van der Waals surface area (Å²) in [5, 5.41) is 7.83. The number of aromatic nitrogens is 3. The number of benzene rings is 1. The van der Waals surface area contributed by atoms with Gasteiger partial charge in [0.1, 0.15) is 11.5 Å². The van der Waals surface area contributed by atoms with Crippen LogP contribution < -0.4 is 5.56 Å². The van der Waals surface area contributed by atoms with Crippen molar-refractivity contribution in [2.24, 2.45) is 0 Å². The fourth-order valence-corrected chi connectivity index (χ4v) is 2.92. The number of rotatable bonds is 4. The molecule has 7 nitrogen and oxygen atoms in total. The van der Waals surface area contributed by atoms with Crippen LogP contribution in [0.15, 0.2) is 23.0 Å². The van der Waals surface area contributed by atoms with Gasteiger partial charge in [-0.1, -0.05) is 11.6 Å². The molecule has 1 aromatic carbocycles. The summed E-state index contributed by atoms with van der Waals surface area (Å²) in [4.78, 5) is 31.0. The molecule has 0 radical (unpaired) electrons. The van der Waals surface area contributed by atoms with Crippen LogP contribution in [0.25, 0.3) is 11.4 Å². The second-order valence-electron chi connectivity index (χ2n) is 6.26. The molecule has 9 heteroatoms. The van der Waals surface area contributed by atoms with E-state index in [9.17, 15) is 14.0 Å². The largest absolute Gasteiger partial charge is 0.340 e. The van der Waals surface area contributed by atoms with E-state index in [0.29, 0.717) is 18.7 Å². The van der Waals surface area contributed by atoms with Gasteiger partial charge < -0.3 is 14.8 Å². The fraction of sp³-hybridized carbons (Fsp3) is 0.412. The van der Waals surface area contributed by atoms with Crippen molar-refractivity contribution < 1.29 is 9.18 Å². The highest BCUT2D eigenvalue weighted by atomic mass is 35.5. The van der Waals surface area contributed by atoms with Gasteiger partial charge in [0, 0.05) is 44.6 Å². The Bertz CT molecular complexity index is 864. The topological polar surface area (TPSA) is 82.2 Å². The molecule has 0 unspecified atom stereocenters. The molecule has 1 saturated heterocycles. The number of halogens is 2. The maximum Gasteiger partial charge on any atom is 0.273 e. The van der Waals surface area contributed by atoms with Gasteiger partial charge in [-0.2, -0.15) is 0 Å². The number of hydrogen-bond donors (Lipinski definition) is 1. The van der Waals surface area contributed by atoms with Crippen molar-refractivity contribution in [2.75, 3.05) is 33.2 Å². The van der Waals surface area contributed by atoms with Crippen molar-refractivity contribution in [3.63, 3.8) is 0 Å². The van der Waals surface area contributed by atoms with E-state index in [4.69, 9.17) is 11.6 Å². The van der Waals surface area contributed by atoms with Crippen LogP contribution in [0.4, 0.5) is 4.39 Å². The van der Waals surface area contributed by atoms with Crippen molar-refractivity contribution in [1.29, 1.82) is 0 Å². The third kappa shape index (κ3) is 4.25. The maximum absolute atomic E-state index is 13.2. The number of nitrogens with zero attached hydrogens (tertiary/aromatic N) is 4. The van der Waals surface area contributed by atoms with E-state index in [0.717, 1.165) is 13.1 Å². The summed E-state index contributed by atoms with van der Waals surface area (Å²) >= 11 is 5.74. The van der Waals surface area contributed by atoms with E-state index in [2.05, 4.69) is 20.1 Å². The number of piperazine rings is 1. The lowest BCUT2D eigenvalue weighted by molar-refractivity contribution is -0.132. The number of H-pyrrole nitrogens is 1. The second kappa shape index (κ2) is 7.92. The summed E-state index contributed by atoms with van der Waals surface area (Å²) in [6, 6.07) is 4.02. The van der Waals surface area contributed by atoms with Crippen LogP contribution in [0.3, 0.4) is 0 Å². The summed E-state index contributed by atoms with van der Waals surface area (Å²) in [5.41, 5.74) is 0.243. The normalized spacial score (nSPS) is 15.3. The lowest BCUT2D eigenvalue weighted by Gasteiger charge is -2.32. The molecule has 1 N–H and O–H groups in total. The van der Waals surface area contributed by atoms with E-state index in [1.165, 1.54) is 18.2 Å². The zero-order chi connectivity index (χ0) is 18.7. The summed E-state index contributed by atoms with van der Waals surface area (Å²) in [5.74, 6) is -0.343. The molecule has 0 atom stereocenters. The molecule has 3 rings (SSSR count). The number of amides is 1.